The first kappa shape index (κ1) is 16.3. The van der Waals surface area contributed by atoms with E-state index in [2.05, 4.69) is 23.3 Å². The van der Waals surface area contributed by atoms with Gasteiger partial charge in [0.05, 0.1) is 10.6 Å². The lowest BCUT2D eigenvalue weighted by Crippen LogP contribution is -2.28. The van der Waals surface area contributed by atoms with Crippen molar-refractivity contribution in [2.24, 2.45) is 5.14 Å². The molecule has 8 heteroatoms. The summed E-state index contributed by atoms with van der Waals surface area (Å²) in [6.07, 6.45) is 0. The van der Waals surface area contributed by atoms with E-state index >= 15 is 0 Å². The van der Waals surface area contributed by atoms with E-state index in [0.717, 1.165) is 5.56 Å². The number of carbonyl (C=O) groups excluding carboxylic acids is 1. The zero-order valence-corrected chi connectivity index (χ0v) is 13.2. The van der Waals surface area contributed by atoms with Crippen molar-refractivity contribution in [1.29, 1.82) is 0 Å². The number of urea groups is 1. The summed E-state index contributed by atoms with van der Waals surface area (Å²) < 4.78 is 22.3. The number of primary sulfonamides is 1. The fourth-order valence-electron chi connectivity index (χ4n) is 1.73. The van der Waals surface area contributed by atoms with Crippen LogP contribution in [0.3, 0.4) is 0 Å². The van der Waals surface area contributed by atoms with Crippen molar-refractivity contribution >= 4 is 34.4 Å². The second-order valence-electron chi connectivity index (χ2n) is 4.51. The van der Waals surface area contributed by atoms with Crippen LogP contribution in [0.25, 0.3) is 0 Å². The fourth-order valence-corrected chi connectivity index (χ4v) is 2.46. The van der Waals surface area contributed by atoms with Crippen LogP contribution in [0.1, 0.15) is 5.56 Å². The van der Waals surface area contributed by atoms with Gasteiger partial charge in [0.2, 0.25) is 10.0 Å². The predicted molar refractivity (Wildman–Crippen MR) is 87.4 cm³/mol. The zero-order chi connectivity index (χ0) is 16.2. The third kappa shape index (κ3) is 4.48. The van der Waals surface area contributed by atoms with Crippen LogP contribution in [0.5, 0.6) is 0 Å². The monoisotopic (exact) mass is 337 g/mol. The molecule has 0 fully saturated rings. The number of rotatable bonds is 4. The molecule has 0 aliphatic rings. The van der Waals surface area contributed by atoms with Crippen molar-refractivity contribution in [3.05, 3.63) is 54.1 Å². The van der Waals surface area contributed by atoms with Crippen LogP contribution in [0.15, 0.2) is 58.3 Å². The fraction of sp³-hybridized carbons (Fsp3) is 0.0714. The number of carbonyl (C=O) groups is 1. The third-order valence-electron chi connectivity index (χ3n) is 2.86. The minimum atomic E-state index is -3.70. The van der Waals surface area contributed by atoms with Crippen molar-refractivity contribution in [3.63, 3.8) is 0 Å². The number of anilines is 1. The molecule has 0 spiro atoms. The van der Waals surface area contributed by atoms with E-state index in [4.69, 9.17) is 5.14 Å². The molecule has 2 aromatic rings. The number of thiol groups is 1. The van der Waals surface area contributed by atoms with E-state index in [1.54, 1.807) is 30.3 Å². The molecule has 4 N–H and O–H groups in total. The van der Waals surface area contributed by atoms with E-state index in [0.29, 0.717) is 10.6 Å². The normalized spacial score (nSPS) is 11.0. The summed E-state index contributed by atoms with van der Waals surface area (Å²) in [6, 6.07) is 12.7. The molecule has 6 nitrogen and oxygen atoms in total. The Morgan fingerprint density at radius 2 is 1.73 bits per heavy atom. The second kappa shape index (κ2) is 6.82. The topological polar surface area (TPSA) is 101 Å². The molecule has 0 bridgehead atoms. The first-order valence-corrected chi connectivity index (χ1v) is 8.30. The Balaban J connectivity index is 1.93. The number of nitrogens with one attached hydrogen (secondary N) is 2. The summed E-state index contributed by atoms with van der Waals surface area (Å²) in [6.45, 7) is 0.255. The SMILES string of the molecule is NS(=O)(=O)c1ccc(CNC(=O)Nc2ccccc2S)cc1. The van der Waals surface area contributed by atoms with Crippen molar-refractivity contribution in [1.82, 2.24) is 5.32 Å². The average Bonchev–Trinajstić information content (AvgIpc) is 2.47. The molecular formula is C14H15N3O3S2. The molecule has 0 unspecified atom stereocenters. The molecule has 0 aromatic heterocycles. The molecule has 2 aromatic carbocycles. The maximum absolute atomic E-state index is 11.8. The summed E-state index contributed by atoms with van der Waals surface area (Å²) in [5.74, 6) is 0. The predicted octanol–water partition coefficient (Wildman–Crippen LogP) is 1.94. The van der Waals surface area contributed by atoms with Crippen LogP contribution in [0.4, 0.5) is 10.5 Å². The molecule has 0 aliphatic heterocycles. The van der Waals surface area contributed by atoms with Gasteiger partial charge in [-0.1, -0.05) is 24.3 Å². The summed E-state index contributed by atoms with van der Waals surface area (Å²) in [5.41, 5.74) is 1.36. The highest BCUT2D eigenvalue weighted by Crippen LogP contribution is 2.18. The van der Waals surface area contributed by atoms with Crippen molar-refractivity contribution < 1.29 is 13.2 Å². The van der Waals surface area contributed by atoms with Crippen molar-refractivity contribution in [3.8, 4) is 0 Å². The van der Waals surface area contributed by atoms with Gasteiger partial charge in [-0.3, -0.25) is 0 Å². The first-order valence-electron chi connectivity index (χ1n) is 6.31. The number of sulfonamides is 1. The van der Waals surface area contributed by atoms with Crippen molar-refractivity contribution in [2.45, 2.75) is 16.3 Å². The number of hydrogen-bond donors (Lipinski definition) is 4. The van der Waals surface area contributed by atoms with Gasteiger partial charge in [-0.05, 0) is 29.8 Å². The number of benzene rings is 2. The Hall–Kier alpha value is -2.03. The maximum atomic E-state index is 11.8. The van der Waals surface area contributed by atoms with Crippen LogP contribution >= 0.6 is 12.6 Å². The lowest BCUT2D eigenvalue weighted by molar-refractivity contribution is 0.251. The molecular weight excluding hydrogens is 322 g/mol. The highest BCUT2D eigenvalue weighted by atomic mass is 32.2. The van der Waals surface area contributed by atoms with Crippen LogP contribution < -0.4 is 15.8 Å². The van der Waals surface area contributed by atoms with E-state index in [1.165, 1.54) is 12.1 Å². The molecule has 2 rings (SSSR count). The Kier molecular flexibility index (Phi) is 5.07. The first-order chi connectivity index (χ1) is 10.4. The smallest absolute Gasteiger partial charge is 0.319 e. The number of nitrogens with two attached hydrogens (primary N) is 1. The van der Waals surface area contributed by atoms with E-state index in [9.17, 15) is 13.2 Å². The lowest BCUT2D eigenvalue weighted by Gasteiger charge is -2.09. The Labute approximate surface area is 134 Å². The minimum absolute atomic E-state index is 0.0321. The Morgan fingerprint density at radius 3 is 2.32 bits per heavy atom. The standard InChI is InChI=1S/C14H15N3O3S2/c15-22(19,20)11-7-5-10(6-8-11)9-16-14(18)17-12-3-1-2-4-13(12)21/h1-8,21H,9H2,(H2,15,19,20)(H2,16,17,18). The van der Waals surface area contributed by atoms with Crippen LogP contribution in [0.2, 0.25) is 0 Å². The van der Waals surface area contributed by atoms with Crippen LogP contribution in [-0.2, 0) is 16.6 Å². The number of para-hydroxylation sites is 1. The van der Waals surface area contributed by atoms with Gasteiger partial charge in [-0.15, -0.1) is 12.6 Å². The van der Waals surface area contributed by atoms with E-state index in [-0.39, 0.29) is 17.5 Å². The van der Waals surface area contributed by atoms with E-state index < -0.39 is 10.0 Å². The zero-order valence-electron chi connectivity index (χ0n) is 11.5. The molecule has 2 amide bonds. The molecule has 0 saturated carbocycles. The quantitative estimate of drug-likeness (QED) is 0.641. The van der Waals surface area contributed by atoms with Gasteiger partial charge in [-0.25, -0.2) is 18.4 Å². The van der Waals surface area contributed by atoms with Gasteiger partial charge in [0, 0.05) is 11.4 Å². The van der Waals surface area contributed by atoms with Gasteiger partial charge >= 0.3 is 6.03 Å². The third-order valence-corrected chi connectivity index (χ3v) is 4.18. The molecule has 0 atom stereocenters. The summed E-state index contributed by atoms with van der Waals surface area (Å²) in [7, 11) is -3.70. The highest BCUT2D eigenvalue weighted by molar-refractivity contribution is 7.89. The summed E-state index contributed by atoms with van der Waals surface area (Å²) >= 11 is 4.24. The van der Waals surface area contributed by atoms with Gasteiger partial charge < -0.3 is 10.6 Å². The van der Waals surface area contributed by atoms with Gasteiger partial charge in [0.25, 0.3) is 0 Å². The molecule has 0 heterocycles. The molecule has 22 heavy (non-hydrogen) atoms. The Bertz CT molecular complexity index is 774. The lowest BCUT2D eigenvalue weighted by atomic mass is 10.2. The largest absolute Gasteiger partial charge is 0.334 e. The van der Waals surface area contributed by atoms with Gasteiger partial charge in [-0.2, -0.15) is 0 Å². The number of amides is 2. The molecule has 0 radical (unpaired) electrons. The highest BCUT2D eigenvalue weighted by Gasteiger charge is 2.07. The number of hydrogen-bond acceptors (Lipinski definition) is 4. The van der Waals surface area contributed by atoms with Crippen LogP contribution in [0, 0.1) is 0 Å². The van der Waals surface area contributed by atoms with E-state index in [1.807, 2.05) is 6.07 Å². The van der Waals surface area contributed by atoms with Gasteiger partial charge in [0.1, 0.15) is 0 Å². The molecule has 0 saturated heterocycles. The minimum Gasteiger partial charge on any atom is -0.334 e. The van der Waals surface area contributed by atoms with Crippen LogP contribution in [-0.4, -0.2) is 14.4 Å². The maximum Gasteiger partial charge on any atom is 0.319 e. The van der Waals surface area contributed by atoms with Gasteiger partial charge in [0.15, 0.2) is 0 Å². The Morgan fingerprint density at radius 1 is 1.09 bits per heavy atom. The molecule has 0 aliphatic carbocycles. The average molecular weight is 337 g/mol. The second-order valence-corrected chi connectivity index (χ2v) is 6.56. The summed E-state index contributed by atoms with van der Waals surface area (Å²) in [4.78, 5) is 12.5. The molecule has 116 valence electrons. The van der Waals surface area contributed by atoms with Crippen molar-refractivity contribution in [2.75, 3.05) is 5.32 Å². The summed E-state index contributed by atoms with van der Waals surface area (Å²) in [5, 5.41) is 10.4.